The summed E-state index contributed by atoms with van der Waals surface area (Å²) in [6, 6.07) is 7.94. The van der Waals surface area contributed by atoms with Crippen molar-refractivity contribution < 1.29 is 0 Å². The van der Waals surface area contributed by atoms with E-state index in [4.69, 9.17) is 17.3 Å². The summed E-state index contributed by atoms with van der Waals surface area (Å²) in [6.07, 6.45) is 4.29. The Kier molecular flexibility index (Phi) is 7.26. The Morgan fingerprint density at radius 1 is 1.28 bits per heavy atom. The molecular weight excluding hydrogens is 246 g/mol. The molecule has 0 heterocycles. The summed E-state index contributed by atoms with van der Waals surface area (Å²) in [5, 5.41) is 3.88. The number of rotatable bonds is 7. The normalized spacial score (nSPS) is 11.6. The highest BCUT2D eigenvalue weighted by Gasteiger charge is 1.94. The lowest BCUT2D eigenvalue weighted by atomic mass is 10.1. The van der Waals surface area contributed by atoms with Gasteiger partial charge < -0.3 is 11.1 Å². The number of guanidine groups is 1. The monoisotopic (exact) mass is 267 g/mol. The maximum Gasteiger partial charge on any atom is 0.188 e. The molecule has 4 heteroatoms. The molecule has 0 atom stereocenters. The second kappa shape index (κ2) is 8.81. The predicted octanol–water partition coefficient (Wildman–Crippen LogP) is 2.98. The number of unbranched alkanes of at least 4 members (excludes halogenated alkanes) is 1. The van der Waals surface area contributed by atoms with E-state index in [9.17, 15) is 0 Å². The Bertz CT molecular complexity index is 360. The summed E-state index contributed by atoms with van der Waals surface area (Å²) < 4.78 is 0. The van der Waals surface area contributed by atoms with Crippen molar-refractivity contribution in [2.24, 2.45) is 10.7 Å². The van der Waals surface area contributed by atoms with Gasteiger partial charge in [0.2, 0.25) is 0 Å². The predicted molar refractivity (Wildman–Crippen MR) is 79.2 cm³/mol. The number of aryl methyl sites for hydroxylation is 1. The van der Waals surface area contributed by atoms with Crippen molar-refractivity contribution in [1.29, 1.82) is 0 Å². The van der Waals surface area contributed by atoms with Crippen LogP contribution in [0.3, 0.4) is 0 Å². The third-order valence-corrected chi connectivity index (χ3v) is 2.91. The van der Waals surface area contributed by atoms with Crippen LogP contribution in [-0.2, 0) is 6.42 Å². The van der Waals surface area contributed by atoms with Gasteiger partial charge in [-0.1, -0.05) is 37.1 Å². The molecule has 3 nitrogen and oxygen atoms in total. The van der Waals surface area contributed by atoms with Gasteiger partial charge in [0.15, 0.2) is 5.96 Å². The van der Waals surface area contributed by atoms with E-state index in [0.29, 0.717) is 5.96 Å². The van der Waals surface area contributed by atoms with Gasteiger partial charge in [0, 0.05) is 18.1 Å². The molecule has 0 aliphatic heterocycles. The van der Waals surface area contributed by atoms with Crippen molar-refractivity contribution >= 4 is 17.6 Å². The molecule has 0 saturated heterocycles. The van der Waals surface area contributed by atoms with E-state index in [1.807, 2.05) is 12.1 Å². The molecule has 0 fully saturated rings. The van der Waals surface area contributed by atoms with Crippen molar-refractivity contribution in [2.75, 3.05) is 13.1 Å². The van der Waals surface area contributed by atoms with Crippen LogP contribution in [0.15, 0.2) is 29.3 Å². The molecule has 1 aromatic carbocycles. The standard InChI is InChI=1S/C14H22ClN3/c1-2-3-10-17-14(16)18-11-4-5-12-6-8-13(15)9-7-12/h6-9H,2-5,10-11H2,1H3,(H3,16,17,18). The number of aliphatic imine (C=N–C) groups is 1. The highest BCUT2D eigenvalue weighted by atomic mass is 35.5. The SMILES string of the molecule is CCCCNC(N)=NCCCc1ccc(Cl)cc1. The summed E-state index contributed by atoms with van der Waals surface area (Å²) in [5.74, 6) is 0.555. The van der Waals surface area contributed by atoms with E-state index >= 15 is 0 Å². The van der Waals surface area contributed by atoms with Gasteiger partial charge in [-0.05, 0) is 37.0 Å². The van der Waals surface area contributed by atoms with E-state index in [-0.39, 0.29) is 0 Å². The van der Waals surface area contributed by atoms with E-state index in [1.165, 1.54) is 5.56 Å². The summed E-state index contributed by atoms with van der Waals surface area (Å²) in [4.78, 5) is 4.29. The molecule has 0 aromatic heterocycles. The molecule has 0 spiro atoms. The van der Waals surface area contributed by atoms with Crippen molar-refractivity contribution in [1.82, 2.24) is 5.32 Å². The minimum absolute atomic E-state index is 0.555. The first-order chi connectivity index (χ1) is 8.72. The van der Waals surface area contributed by atoms with Gasteiger partial charge in [0.1, 0.15) is 0 Å². The molecule has 3 N–H and O–H groups in total. The maximum absolute atomic E-state index is 5.83. The lowest BCUT2D eigenvalue weighted by Crippen LogP contribution is -2.32. The highest BCUT2D eigenvalue weighted by molar-refractivity contribution is 6.30. The Morgan fingerprint density at radius 2 is 2.00 bits per heavy atom. The maximum atomic E-state index is 5.83. The molecule has 0 radical (unpaired) electrons. The lowest BCUT2D eigenvalue weighted by Gasteiger charge is -2.04. The minimum atomic E-state index is 0.555. The smallest absolute Gasteiger partial charge is 0.188 e. The van der Waals surface area contributed by atoms with Gasteiger partial charge in [0.05, 0.1) is 0 Å². The van der Waals surface area contributed by atoms with Gasteiger partial charge in [-0.3, -0.25) is 4.99 Å². The molecular formula is C14H22ClN3. The Morgan fingerprint density at radius 3 is 2.67 bits per heavy atom. The van der Waals surface area contributed by atoms with Crippen LogP contribution >= 0.6 is 11.6 Å². The zero-order chi connectivity index (χ0) is 13.2. The Labute approximate surface area is 114 Å². The summed E-state index contributed by atoms with van der Waals surface area (Å²) >= 11 is 5.83. The zero-order valence-corrected chi connectivity index (χ0v) is 11.7. The molecule has 0 aliphatic rings. The average molecular weight is 268 g/mol. The van der Waals surface area contributed by atoms with Gasteiger partial charge in [-0.2, -0.15) is 0 Å². The third kappa shape index (κ3) is 6.50. The van der Waals surface area contributed by atoms with Crippen LogP contribution in [0.5, 0.6) is 0 Å². The topological polar surface area (TPSA) is 50.4 Å². The zero-order valence-electron chi connectivity index (χ0n) is 11.0. The molecule has 1 aromatic rings. The largest absolute Gasteiger partial charge is 0.370 e. The first-order valence-electron chi connectivity index (χ1n) is 6.50. The molecule has 0 unspecified atom stereocenters. The fourth-order valence-corrected chi connectivity index (χ4v) is 1.71. The second-order valence-electron chi connectivity index (χ2n) is 4.28. The molecule has 0 aliphatic carbocycles. The molecule has 100 valence electrons. The fourth-order valence-electron chi connectivity index (χ4n) is 1.58. The summed E-state index contributed by atoms with van der Waals surface area (Å²) in [5.41, 5.74) is 7.02. The number of nitrogens with one attached hydrogen (secondary N) is 1. The third-order valence-electron chi connectivity index (χ3n) is 2.66. The average Bonchev–Trinajstić information content (AvgIpc) is 2.37. The van der Waals surface area contributed by atoms with Crippen LogP contribution in [0.2, 0.25) is 5.02 Å². The number of halogens is 1. The number of benzene rings is 1. The first-order valence-corrected chi connectivity index (χ1v) is 6.88. The quantitative estimate of drug-likeness (QED) is 0.453. The summed E-state index contributed by atoms with van der Waals surface area (Å²) in [7, 11) is 0. The Balaban J connectivity index is 2.17. The van der Waals surface area contributed by atoms with Crippen LogP contribution in [-0.4, -0.2) is 19.0 Å². The number of nitrogens with zero attached hydrogens (tertiary/aromatic N) is 1. The van der Waals surface area contributed by atoms with Crippen LogP contribution in [0.1, 0.15) is 31.7 Å². The minimum Gasteiger partial charge on any atom is -0.370 e. The van der Waals surface area contributed by atoms with Crippen molar-refractivity contribution in [3.05, 3.63) is 34.9 Å². The number of hydrogen-bond acceptors (Lipinski definition) is 1. The molecule has 0 amide bonds. The molecule has 1 rings (SSSR count). The van der Waals surface area contributed by atoms with Gasteiger partial charge >= 0.3 is 0 Å². The van der Waals surface area contributed by atoms with Crippen LogP contribution < -0.4 is 11.1 Å². The van der Waals surface area contributed by atoms with E-state index in [1.54, 1.807) is 0 Å². The lowest BCUT2D eigenvalue weighted by molar-refractivity contribution is 0.744. The van der Waals surface area contributed by atoms with E-state index in [0.717, 1.165) is 43.8 Å². The van der Waals surface area contributed by atoms with Crippen molar-refractivity contribution in [3.8, 4) is 0 Å². The van der Waals surface area contributed by atoms with Crippen LogP contribution in [0.4, 0.5) is 0 Å². The second-order valence-corrected chi connectivity index (χ2v) is 4.71. The van der Waals surface area contributed by atoms with Gasteiger partial charge in [-0.15, -0.1) is 0 Å². The number of hydrogen-bond donors (Lipinski definition) is 2. The Hall–Kier alpha value is -1.22. The van der Waals surface area contributed by atoms with Crippen LogP contribution in [0.25, 0.3) is 0 Å². The fraction of sp³-hybridized carbons (Fsp3) is 0.500. The first kappa shape index (κ1) is 14.8. The van der Waals surface area contributed by atoms with Gasteiger partial charge in [0.25, 0.3) is 0 Å². The number of nitrogens with two attached hydrogens (primary N) is 1. The van der Waals surface area contributed by atoms with E-state index < -0.39 is 0 Å². The van der Waals surface area contributed by atoms with E-state index in [2.05, 4.69) is 29.4 Å². The highest BCUT2D eigenvalue weighted by Crippen LogP contribution is 2.10. The van der Waals surface area contributed by atoms with Gasteiger partial charge in [-0.25, -0.2) is 0 Å². The van der Waals surface area contributed by atoms with Crippen molar-refractivity contribution in [2.45, 2.75) is 32.6 Å². The molecule has 18 heavy (non-hydrogen) atoms. The van der Waals surface area contributed by atoms with Crippen molar-refractivity contribution in [3.63, 3.8) is 0 Å². The molecule has 0 saturated carbocycles. The van der Waals surface area contributed by atoms with Crippen LogP contribution in [0, 0.1) is 0 Å². The summed E-state index contributed by atoms with van der Waals surface area (Å²) in [6.45, 7) is 3.82. The molecule has 0 bridgehead atoms.